The Morgan fingerprint density at radius 3 is 2.25 bits per heavy atom. The summed E-state index contributed by atoms with van der Waals surface area (Å²) in [5.74, 6) is 0.583. The summed E-state index contributed by atoms with van der Waals surface area (Å²) in [7, 11) is 4.45. The summed E-state index contributed by atoms with van der Waals surface area (Å²) in [5.41, 5.74) is 0.922. The number of anilines is 1. The highest BCUT2D eigenvalue weighted by Crippen LogP contribution is 2.38. The van der Waals surface area contributed by atoms with Crippen LogP contribution < -0.4 is 19.5 Å². The number of ether oxygens (including phenoxy) is 3. The molecule has 0 radical (unpaired) electrons. The van der Waals surface area contributed by atoms with Gasteiger partial charge >= 0.3 is 0 Å². The van der Waals surface area contributed by atoms with Crippen molar-refractivity contribution in [2.75, 3.05) is 26.6 Å². The van der Waals surface area contributed by atoms with E-state index < -0.39 is 0 Å². The molecule has 0 aliphatic carbocycles. The number of rotatable bonds is 7. The van der Waals surface area contributed by atoms with Crippen LogP contribution in [0.2, 0.25) is 0 Å². The quantitative estimate of drug-likeness (QED) is 0.620. The minimum atomic E-state index is -0.357. The SMILES string of the molecule is COc1cc(C(=O)C=CNc2cccc(F)c2)cc(OC)c1OC. The topological polar surface area (TPSA) is 56.8 Å². The average molecular weight is 331 g/mol. The van der Waals surface area contributed by atoms with E-state index in [-0.39, 0.29) is 11.6 Å². The number of methoxy groups -OCH3 is 3. The lowest BCUT2D eigenvalue weighted by Crippen LogP contribution is -2.01. The third-order valence-electron chi connectivity index (χ3n) is 3.26. The van der Waals surface area contributed by atoms with E-state index in [1.807, 2.05) is 0 Å². The summed E-state index contributed by atoms with van der Waals surface area (Å²) in [6.45, 7) is 0. The van der Waals surface area contributed by atoms with Crippen LogP contribution in [0.25, 0.3) is 0 Å². The molecule has 2 aromatic carbocycles. The van der Waals surface area contributed by atoms with Crippen LogP contribution >= 0.6 is 0 Å². The maximum atomic E-state index is 13.1. The van der Waals surface area contributed by atoms with E-state index in [9.17, 15) is 9.18 Å². The van der Waals surface area contributed by atoms with Gasteiger partial charge in [0.25, 0.3) is 0 Å². The Bertz CT molecular complexity index is 733. The second-order valence-electron chi connectivity index (χ2n) is 4.77. The lowest BCUT2D eigenvalue weighted by atomic mass is 10.1. The molecular formula is C18H18FNO4. The molecule has 0 fully saturated rings. The minimum absolute atomic E-state index is 0.266. The Morgan fingerprint density at radius 1 is 1.04 bits per heavy atom. The van der Waals surface area contributed by atoms with E-state index in [1.165, 1.54) is 45.7 Å². The van der Waals surface area contributed by atoms with Crippen LogP contribution in [0, 0.1) is 5.82 Å². The minimum Gasteiger partial charge on any atom is -0.493 e. The standard InChI is InChI=1S/C18H18FNO4/c1-22-16-9-12(10-17(23-2)18(16)24-3)15(21)7-8-20-14-6-4-5-13(19)11-14/h4-11,20H,1-3H3. The largest absolute Gasteiger partial charge is 0.493 e. The zero-order valence-corrected chi connectivity index (χ0v) is 13.6. The normalized spacial score (nSPS) is 10.5. The van der Waals surface area contributed by atoms with Gasteiger partial charge in [0.05, 0.1) is 21.3 Å². The molecule has 5 nitrogen and oxygen atoms in total. The Labute approximate surface area is 139 Å². The summed E-state index contributed by atoms with van der Waals surface area (Å²) in [5, 5.41) is 2.84. The lowest BCUT2D eigenvalue weighted by Gasteiger charge is -2.13. The van der Waals surface area contributed by atoms with E-state index in [2.05, 4.69) is 5.32 Å². The van der Waals surface area contributed by atoms with Gasteiger partial charge in [-0.15, -0.1) is 0 Å². The average Bonchev–Trinajstić information content (AvgIpc) is 2.60. The van der Waals surface area contributed by atoms with E-state index in [4.69, 9.17) is 14.2 Å². The Morgan fingerprint density at radius 2 is 1.71 bits per heavy atom. The summed E-state index contributed by atoms with van der Waals surface area (Å²) in [6, 6.07) is 9.07. The molecule has 0 amide bonds. The molecule has 126 valence electrons. The maximum Gasteiger partial charge on any atom is 0.203 e. The number of benzene rings is 2. The van der Waals surface area contributed by atoms with Crippen LogP contribution in [-0.2, 0) is 0 Å². The van der Waals surface area contributed by atoms with Crippen molar-refractivity contribution < 1.29 is 23.4 Å². The van der Waals surface area contributed by atoms with Crippen molar-refractivity contribution in [3.63, 3.8) is 0 Å². The number of ketones is 1. The molecular weight excluding hydrogens is 313 g/mol. The van der Waals surface area contributed by atoms with E-state index >= 15 is 0 Å². The molecule has 0 aliphatic heterocycles. The fourth-order valence-corrected chi connectivity index (χ4v) is 2.11. The first-order valence-electron chi connectivity index (χ1n) is 7.12. The van der Waals surface area contributed by atoms with Crippen LogP contribution in [0.3, 0.4) is 0 Å². The number of hydrogen-bond donors (Lipinski definition) is 1. The Balaban J connectivity index is 2.18. The maximum absolute atomic E-state index is 13.1. The number of carbonyl (C=O) groups is 1. The molecule has 0 unspecified atom stereocenters. The van der Waals surface area contributed by atoms with E-state index in [0.717, 1.165) is 0 Å². The first-order valence-corrected chi connectivity index (χ1v) is 7.12. The summed E-state index contributed by atoms with van der Waals surface area (Å²) in [4.78, 5) is 12.3. The van der Waals surface area contributed by atoms with Crippen LogP contribution in [0.5, 0.6) is 17.2 Å². The zero-order valence-electron chi connectivity index (χ0n) is 13.6. The van der Waals surface area contributed by atoms with Gasteiger partial charge < -0.3 is 19.5 Å². The lowest BCUT2D eigenvalue weighted by molar-refractivity contribution is 0.104. The van der Waals surface area contributed by atoms with Crippen LogP contribution in [0.1, 0.15) is 10.4 Å². The van der Waals surface area contributed by atoms with Crippen LogP contribution in [0.4, 0.5) is 10.1 Å². The van der Waals surface area contributed by atoms with Gasteiger partial charge in [-0.3, -0.25) is 4.79 Å². The number of allylic oxidation sites excluding steroid dienone is 1. The second kappa shape index (κ2) is 8.01. The van der Waals surface area contributed by atoms with Crippen molar-refractivity contribution in [2.45, 2.75) is 0 Å². The first-order chi connectivity index (χ1) is 11.6. The smallest absolute Gasteiger partial charge is 0.203 e. The monoisotopic (exact) mass is 331 g/mol. The van der Waals surface area contributed by atoms with Crippen molar-refractivity contribution in [1.29, 1.82) is 0 Å². The van der Waals surface area contributed by atoms with Crippen LogP contribution in [-0.4, -0.2) is 27.1 Å². The highest BCUT2D eigenvalue weighted by atomic mass is 19.1. The number of halogens is 1. The summed E-state index contributed by atoms with van der Waals surface area (Å²) < 4.78 is 28.7. The summed E-state index contributed by atoms with van der Waals surface area (Å²) in [6.07, 6.45) is 2.78. The van der Waals surface area contributed by atoms with Gasteiger partial charge in [-0.25, -0.2) is 4.39 Å². The molecule has 1 N–H and O–H groups in total. The zero-order chi connectivity index (χ0) is 17.5. The molecule has 0 atom stereocenters. The van der Waals surface area contributed by atoms with Crippen molar-refractivity contribution in [1.82, 2.24) is 0 Å². The van der Waals surface area contributed by atoms with Crippen LogP contribution in [0.15, 0.2) is 48.7 Å². The van der Waals surface area contributed by atoms with Gasteiger partial charge in [0.1, 0.15) is 5.82 Å². The van der Waals surface area contributed by atoms with Gasteiger partial charge in [-0.1, -0.05) is 6.07 Å². The number of carbonyl (C=O) groups excluding carboxylic acids is 1. The molecule has 6 heteroatoms. The van der Waals surface area contributed by atoms with Gasteiger partial charge in [0.15, 0.2) is 17.3 Å². The van der Waals surface area contributed by atoms with E-state index in [1.54, 1.807) is 24.3 Å². The molecule has 2 aromatic rings. The molecule has 0 saturated carbocycles. The summed E-state index contributed by atoms with van der Waals surface area (Å²) >= 11 is 0. The molecule has 2 rings (SSSR count). The van der Waals surface area contributed by atoms with E-state index in [0.29, 0.717) is 28.5 Å². The molecule has 0 saturated heterocycles. The molecule has 0 spiro atoms. The molecule has 0 heterocycles. The second-order valence-corrected chi connectivity index (χ2v) is 4.77. The van der Waals surface area contributed by atoms with Gasteiger partial charge in [-0.2, -0.15) is 0 Å². The highest BCUT2D eigenvalue weighted by molar-refractivity contribution is 6.05. The molecule has 0 aliphatic rings. The number of nitrogens with one attached hydrogen (secondary N) is 1. The third-order valence-corrected chi connectivity index (χ3v) is 3.26. The Hall–Kier alpha value is -3.02. The predicted octanol–water partition coefficient (Wildman–Crippen LogP) is 3.66. The third kappa shape index (κ3) is 4.04. The highest BCUT2D eigenvalue weighted by Gasteiger charge is 2.15. The van der Waals surface area contributed by atoms with Gasteiger partial charge in [0.2, 0.25) is 5.75 Å². The molecule has 0 bridgehead atoms. The van der Waals surface area contributed by atoms with Crippen molar-refractivity contribution in [3.8, 4) is 17.2 Å². The molecule has 0 aromatic heterocycles. The van der Waals surface area contributed by atoms with Gasteiger partial charge in [-0.05, 0) is 30.3 Å². The Kier molecular flexibility index (Phi) is 5.78. The van der Waals surface area contributed by atoms with Gasteiger partial charge in [0, 0.05) is 23.5 Å². The number of hydrogen-bond acceptors (Lipinski definition) is 5. The fraction of sp³-hybridized carbons (Fsp3) is 0.167. The van der Waals surface area contributed by atoms with Crippen molar-refractivity contribution in [3.05, 3.63) is 60.1 Å². The molecule has 24 heavy (non-hydrogen) atoms. The first kappa shape index (κ1) is 17.3. The van der Waals surface area contributed by atoms with Crippen molar-refractivity contribution >= 4 is 11.5 Å². The fourth-order valence-electron chi connectivity index (χ4n) is 2.11. The van der Waals surface area contributed by atoms with Crippen molar-refractivity contribution in [2.24, 2.45) is 0 Å². The predicted molar refractivity (Wildman–Crippen MR) is 89.6 cm³/mol.